The van der Waals surface area contributed by atoms with Gasteiger partial charge in [0.05, 0.1) is 5.25 Å². The Morgan fingerprint density at radius 1 is 1.31 bits per heavy atom. The van der Waals surface area contributed by atoms with E-state index in [0.29, 0.717) is 12.8 Å². The van der Waals surface area contributed by atoms with E-state index >= 15 is 0 Å². The highest BCUT2D eigenvalue weighted by Gasteiger charge is 2.32. The fourth-order valence-corrected chi connectivity index (χ4v) is 2.55. The van der Waals surface area contributed by atoms with Gasteiger partial charge in [-0.05, 0) is 19.3 Å². The van der Waals surface area contributed by atoms with Crippen molar-refractivity contribution in [3.8, 4) is 0 Å². The number of hydrogen-bond acceptors (Lipinski definition) is 3. The summed E-state index contributed by atoms with van der Waals surface area (Å²) in [5.41, 5.74) is 0. The topological polar surface area (TPSA) is 72.2 Å². The molecule has 2 atom stereocenters. The molecule has 1 saturated heterocycles. The molecule has 0 aliphatic carbocycles. The summed E-state index contributed by atoms with van der Waals surface area (Å²) >= 11 is 0. The quantitative estimate of drug-likeness (QED) is 0.786. The first kappa shape index (κ1) is 13.7. The molecular weight excluding hydrogens is 245 g/mol. The number of primary sulfonamides is 1. The second-order valence-electron chi connectivity index (χ2n) is 4.05. The van der Waals surface area contributed by atoms with E-state index in [1.807, 2.05) is 0 Å². The zero-order valence-electron chi connectivity index (χ0n) is 8.63. The number of rotatable bonds is 3. The summed E-state index contributed by atoms with van der Waals surface area (Å²) in [6.07, 6.45) is -4.27. The smallest absolute Gasteiger partial charge is 0.313 e. The third-order valence-electron chi connectivity index (χ3n) is 2.71. The lowest BCUT2D eigenvalue weighted by Crippen LogP contribution is -2.47. The molecule has 0 aromatic carbocycles. The lowest BCUT2D eigenvalue weighted by Gasteiger charge is -2.28. The minimum Gasteiger partial charge on any atom is -0.313 e. The first-order valence-corrected chi connectivity index (χ1v) is 6.61. The molecule has 1 heterocycles. The summed E-state index contributed by atoms with van der Waals surface area (Å²) in [6, 6.07) is -0.264. The Kier molecular flexibility index (Phi) is 4.19. The molecule has 4 nitrogen and oxygen atoms in total. The van der Waals surface area contributed by atoms with Gasteiger partial charge in [0.2, 0.25) is 10.0 Å². The molecule has 8 heteroatoms. The first-order chi connectivity index (χ1) is 7.18. The van der Waals surface area contributed by atoms with Crippen molar-refractivity contribution in [3.05, 3.63) is 0 Å². The van der Waals surface area contributed by atoms with Crippen LogP contribution in [0.2, 0.25) is 0 Å². The van der Waals surface area contributed by atoms with Crippen LogP contribution in [0, 0.1) is 0 Å². The van der Waals surface area contributed by atoms with Gasteiger partial charge in [-0.15, -0.1) is 0 Å². The molecule has 1 fully saturated rings. The van der Waals surface area contributed by atoms with Gasteiger partial charge in [-0.25, -0.2) is 13.6 Å². The average molecular weight is 260 g/mol. The third kappa shape index (κ3) is 4.67. The molecule has 0 aromatic rings. The van der Waals surface area contributed by atoms with E-state index in [1.165, 1.54) is 0 Å². The molecule has 96 valence electrons. The molecule has 0 spiro atoms. The van der Waals surface area contributed by atoms with Crippen LogP contribution >= 0.6 is 0 Å². The van der Waals surface area contributed by atoms with Crippen LogP contribution in [0.25, 0.3) is 0 Å². The zero-order chi connectivity index (χ0) is 12.4. The monoisotopic (exact) mass is 260 g/mol. The summed E-state index contributed by atoms with van der Waals surface area (Å²) < 4.78 is 57.7. The van der Waals surface area contributed by atoms with E-state index in [9.17, 15) is 21.6 Å². The van der Waals surface area contributed by atoms with Gasteiger partial charge in [-0.1, -0.05) is 0 Å². The van der Waals surface area contributed by atoms with E-state index in [2.05, 4.69) is 5.32 Å². The Balaban J connectivity index is 2.33. The zero-order valence-corrected chi connectivity index (χ0v) is 9.44. The van der Waals surface area contributed by atoms with Gasteiger partial charge in [0.25, 0.3) is 0 Å². The van der Waals surface area contributed by atoms with Crippen LogP contribution in [0.4, 0.5) is 13.2 Å². The van der Waals surface area contributed by atoms with Crippen molar-refractivity contribution in [1.29, 1.82) is 0 Å². The van der Waals surface area contributed by atoms with Gasteiger partial charge in [-0.2, -0.15) is 13.2 Å². The van der Waals surface area contributed by atoms with Crippen molar-refractivity contribution in [2.75, 3.05) is 6.54 Å². The van der Waals surface area contributed by atoms with Crippen molar-refractivity contribution in [3.63, 3.8) is 0 Å². The Morgan fingerprint density at radius 3 is 2.31 bits per heavy atom. The molecule has 1 aliphatic heterocycles. The van der Waals surface area contributed by atoms with Crippen molar-refractivity contribution in [2.24, 2.45) is 5.14 Å². The van der Waals surface area contributed by atoms with Gasteiger partial charge >= 0.3 is 6.18 Å². The van der Waals surface area contributed by atoms with Crippen LogP contribution in [0.15, 0.2) is 0 Å². The van der Waals surface area contributed by atoms with Crippen LogP contribution in [0.1, 0.15) is 25.7 Å². The summed E-state index contributed by atoms with van der Waals surface area (Å²) in [6.45, 7) is 0.140. The number of sulfonamides is 1. The lowest BCUT2D eigenvalue weighted by atomic mass is 10.0. The molecule has 1 rings (SSSR count). The molecule has 1 aliphatic rings. The maximum atomic E-state index is 11.9. The van der Waals surface area contributed by atoms with Crippen LogP contribution in [0.3, 0.4) is 0 Å². The minimum absolute atomic E-state index is 0.0131. The Bertz CT molecular complexity index is 321. The fraction of sp³-hybridized carbons (Fsp3) is 1.00. The van der Waals surface area contributed by atoms with Crippen molar-refractivity contribution >= 4 is 10.0 Å². The largest absolute Gasteiger partial charge is 0.389 e. The number of halogens is 3. The molecule has 0 saturated carbocycles. The first-order valence-electron chi connectivity index (χ1n) is 5.00. The summed E-state index contributed by atoms with van der Waals surface area (Å²) in [5.74, 6) is 0. The van der Waals surface area contributed by atoms with Crippen LogP contribution in [-0.4, -0.2) is 32.4 Å². The number of piperidine rings is 1. The van der Waals surface area contributed by atoms with E-state index in [-0.39, 0.29) is 19.0 Å². The summed E-state index contributed by atoms with van der Waals surface area (Å²) in [5, 5.41) is 7.07. The minimum atomic E-state index is -4.15. The SMILES string of the molecule is NS(=O)(=O)C1CCC(CCC(F)(F)F)NC1. The molecular formula is C8H15F3N2O2S. The predicted molar refractivity (Wildman–Crippen MR) is 53.2 cm³/mol. The normalized spacial score (nSPS) is 28.0. The van der Waals surface area contributed by atoms with Crippen LogP contribution < -0.4 is 10.5 Å². The number of alkyl halides is 3. The molecule has 16 heavy (non-hydrogen) atoms. The summed E-state index contributed by atoms with van der Waals surface area (Å²) in [4.78, 5) is 0. The van der Waals surface area contributed by atoms with Gasteiger partial charge in [0, 0.05) is 19.0 Å². The molecule has 0 radical (unpaired) electrons. The highest BCUT2D eigenvalue weighted by molar-refractivity contribution is 7.89. The van der Waals surface area contributed by atoms with Gasteiger partial charge in [-0.3, -0.25) is 0 Å². The molecule has 0 aromatic heterocycles. The van der Waals surface area contributed by atoms with Crippen molar-refractivity contribution in [2.45, 2.75) is 43.2 Å². The van der Waals surface area contributed by atoms with Crippen LogP contribution in [-0.2, 0) is 10.0 Å². The highest BCUT2D eigenvalue weighted by atomic mass is 32.2. The van der Waals surface area contributed by atoms with Crippen molar-refractivity contribution in [1.82, 2.24) is 5.32 Å². The fourth-order valence-electron chi connectivity index (χ4n) is 1.75. The number of hydrogen-bond donors (Lipinski definition) is 2. The maximum absolute atomic E-state index is 11.9. The number of nitrogens with one attached hydrogen (secondary N) is 1. The molecule has 3 N–H and O–H groups in total. The lowest BCUT2D eigenvalue weighted by molar-refractivity contribution is -0.136. The second-order valence-corrected chi connectivity index (χ2v) is 5.89. The second kappa shape index (κ2) is 4.89. The molecule has 2 unspecified atom stereocenters. The molecule has 0 bridgehead atoms. The number of nitrogens with two attached hydrogens (primary N) is 1. The van der Waals surface area contributed by atoms with Crippen molar-refractivity contribution < 1.29 is 21.6 Å². The van der Waals surface area contributed by atoms with E-state index in [0.717, 1.165) is 0 Å². The Morgan fingerprint density at radius 2 is 1.94 bits per heavy atom. The van der Waals surface area contributed by atoms with Crippen LogP contribution in [0.5, 0.6) is 0 Å². The Hall–Kier alpha value is -0.340. The van der Waals surface area contributed by atoms with Gasteiger partial charge < -0.3 is 5.32 Å². The maximum Gasteiger partial charge on any atom is 0.389 e. The van der Waals surface area contributed by atoms with E-state index < -0.39 is 27.9 Å². The standard InChI is InChI=1S/C8H15F3N2O2S/c9-8(10,11)4-3-6-1-2-7(5-13-6)16(12,14)15/h6-7,13H,1-5H2,(H2,12,14,15). The third-order valence-corrected chi connectivity index (χ3v) is 4.04. The van der Waals surface area contributed by atoms with Gasteiger partial charge in [0.15, 0.2) is 0 Å². The van der Waals surface area contributed by atoms with Gasteiger partial charge in [0.1, 0.15) is 0 Å². The Labute approximate surface area is 92.4 Å². The molecule has 0 amide bonds. The van der Waals surface area contributed by atoms with E-state index in [4.69, 9.17) is 5.14 Å². The summed E-state index contributed by atoms with van der Waals surface area (Å²) in [7, 11) is -3.58. The predicted octanol–water partition coefficient (Wildman–Crippen LogP) is 0.738. The van der Waals surface area contributed by atoms with E-state index in [1.54, 1.807) is 0 Å². The average Bonchev–Trinajstić information content (AvgIpc) is 2.13. The highest BCUT2D eigenvalue weighted by Crippen LogP contribution is 2.25.